The topological polar surface area (TPSA) is 78.0 Å². The highest BCUT2D eigenvalue weighted by atomic mass is 32.2. The van der Waals surface area contributed by atoms with Gasteiger partial charge >= 0.3 is 17.8 Å². The van der Waals surface area contributed by atoms with Gasteiger partial charge < -0.3 is 4.90 Å². The molecule has 2 aromatic carbocycles. The van der Waals surface area contributed by atoms with Crippen LogP contribution in [0.15, 0.2) is 59.5 Å². The Labute approximate surface area is 185 Å². The van der Waals surface area contributed by atoms with Gasteiger partial charge in [0.25, 0.3) is 0 Å². The fraction of sp³-hybridized carbons (Fsp3) is 0.304. The standard InChI is InChI=1S/C23H23N3O4S/c1-15(2)12-24-21(28)22(29)25(23(24)30)13-20(27)26-17-10-6-7-11-19(17)31-14-18(26)16-8-4-3-5-9-16/h3-11,15,18H,12-14H2,1-2H3/t18-/m1/s1. The molecule has 31 heavy (non-hydrogen) atoms. The van der Waals surface area contributed by atoms with Crippen molar-refractivity contribution in [2.45, 2.75) is 24.8 Å². The van der Waals surface area contributed by atoms with Crippen molar-refractivity contribution >= 4 is 41.2 Å². The van der Waals surface area contributed by atoms with Gasteiger partial charge in [-0.25, -0.2) is 9.69 Å². The van der Waals surface area contributed by atoms with E-state index in [1.807, 2.05) is 68.4 Å². The molecule has 0 radical (unpaired) electrons. The van der Waals surface area contributed by atoms with E-state index >= 15 is 0 Å². The zero-order chi connectivity index (χ0) is 22.1. The van der Waals surface area contributed by atoms with E-state index in [4.69, 9.17) is 0 Å². The van der Waals surface area contributed by atoms with Crippen LogP contribution in [0.25, 0.3) is 0 Å². The van der Waals surface area contributed by atoms with Crippen LogP contribution in [-0.2, 0) is 14.4 Å². The summed E-state index contributed by atoms with van der Waals surface area (Å²) in [5, 5.41) is 0. The molecule has 1 fully saturated rings. The lowest BCUT2D eigenvalue weighted by atomic mass is 10.1. The van der Waals surface area contributed by atoms with Gasteiger partial charge in [0.2, 0.25) is 5.91 Å². The molecular weight excluding hydrogens is 414 g/mol. The fourth-order valence-electron chi connectivity index (χ4n) is 3.85. The van der Waals surface area contributed by atoms with E-state index in [0.29, 0.717) is 5.75 Å². The van der Waals surface area contributed by atoms with Crippen LogP contribution in [0.5, 0.6) is 0 Å². The van der Waals surface area contributed by atoms with Crippen molar-refractivity contribution < 1.29 is 19.2 Å². The molecule has 0 N–H and O–H groups in total. The number of fused-ring (bicyclic) bond motifs is 1. The molecule has 8 heteroatoms. The summed E-state index contributed by atoms with van der Waals surface area (Å²) >= 11 is 1.66. The lowest BCUT2D eigenvalue weighted by molar-refractivity contribution is -0.144. The number of imide groups is 2. The summed E-state index contributed by atoms with van der Waals surface area (Å²) in [5.74, 6) is -1.56. The Morgan fingerprint density at radius 3 is 2.32 bits per heavy atom. The van der Waals surface area contributed by atoms with Crippen LogP contribution in [0.2, 0.25) is 0 Å². The van der Waals surface area contributed by atoms with Gasteiger partial charge in [0.1, 0.15) is 6.54 Å². The van der Waals surface area contributed by atoms with Crippen LogP contribution in [0.1, 0.15) is 25.5 Å². The third kappa shape index (κ3) is 3.95. The zero-order valence-corrected chi connectivity index (χ0v) is 18.2. The lowest BCUT2D eigenvalue weighted by Gasteiger charge is -2.37. The first-order chi connectivity index (χ1) is 14.9. The second kappa shape index (κ2) is 8.55. The van der Waals surface area contributed by atoms with Gasteiger partial charge in [-0.1, -0.05) is 56.3 Å². The van der Waals surface area contributed by atoms with Gasteiger partial charge in [-0.3, -0.25) is 19.3 Å². The Hall–Kier alpha value is -3.13. The normalized spacial score (nSPS) is 18.7. The summed E-state index contributed by atoms with van der Waals surface area (Å²) in [7, 11) is 0. The van der Waals surface area contributed by atoms with Crippen molar-refractivity contribution in [3.8, 4) is 0 Å². The van der Waals surface area contributed by atoms with E-state index in [9.17, 15) is 19.2 Å². The second-order valence-corrected chi connectivity index (χ2v) is 9.01. The summed E-state index contributed by atoms with van der Waals surface area (Å²) in [4.78, 5) is 55.2. The van der Waals surface area contributed by atoms with E-state index in [-0.39, 0.29) is 18.5 Å². The number of anilines is 1. The first kappa shape index (κ1) is 21.1. The lowest BCUT2D eigenvalue weighted by Crippen LogP contribution is -2.46. The first-order valence-electron chi connectivity index (χ1n) is 10.1. The summed E-state index contributed by atoms with van der Waals surface area (Å²) < 4.78 is 0. The smallest absolute Gasteiger partial charge is 0.301 e. The molecule has 2 aromatic rings. The molecule has 1 saturated heterocycles. The van der Waals surface area contributed by atoms with Crippen molar-refractivity contribution in [2.75, 3.05) is 23.7 Å². The molecule has 0 aliphatic carbocycles. The molecule has 2 aliphatic rings. The van der Waals surface area contributed by atoms with Crippen molar-refractivity contribution in [3.05, 3.63) is 60.2 Å². The van der Waals surface area contributed by atoms with Gasteiger partial charge in [0.05, 0.1) is 11.7 Å². The number of urea groups is 1. The van der Waals surface area contributed by atoms with E-state index in [1.165, 1.54) is 0 Å². The Balaban J connectivity index is 1.64. The number of nitrogens with zero attached hydrogens (tertiary/aromatic N) is 3. The van der Waals surface area contributed by atoms with E-state index < -0.39 is 30.3 Å². The maximum atomic E-state index is 13.5. The van der Waals surface area contributed by atoms with Crippen LogP contribution in [-0.4, -0.2) is 52.4 Å². The monoisotopic (exact) mass is 437 g/mol. The van der Waals surface area contributed by atoms with Crippen LogP contribution in [0.3, 0.4) is 0 Å². The minimum absolute atomic E-state index is 0.0183. The minimum atomic E-state index is -0.949. The Bertz CT molecular complexity index is 1040. The molecule has 1 atom stereocenters. The van der Waals surface area contributed by atoms with E-state index in [1.54, 1.807) is 16.7 Å². The largest absolute Gasteiger partial charge is 0.334 e. The number of carbonyl (C=O) groups is 4. The number of benzene rings is 2. The number of rotatable bonds is 5. The molecule has 0 bridgehead atoms. The molecule has 0 saturated carbocycles. The van der Waals surface area contributed by atoms with E-state index in [2.05, 4.69) is 0 Å². The van der Waals surface area contributed by atoms with Gasteiger partial charge in [0.15, 0.2) is 0 Å². The van der Waals surface area contributed by atoms with Crippen LogP contribution in [0.4, 0.5) is 10.5 Å². The molecular formula is C23H23N3O4S. The maximum absolute atomic E-state index is 13.5. The van der Waals surface area contributed by atoms with Gasteiger partial charge in [-0.15, -0.1) is 11.8 Å². The molecule has 7 nitrogen and oxygen atoms in total. The van der Waals surface area contributed by atoms with Gasteiger partial charge in [0, 0.05) is 17.2 Å². The number of hydrogen-bond acceptors (Lipinski definition) is 5. The first-order valence-corrected chi connectivity index (χ1v) is 11.1. The number of carbonyl (C=O) groups excluding carboxylic acids is 4. The second-order valence-electron chi connectivity index (χ2n) is 7.95. The van der Waals surface area contributed by atoms with Crippen LogP contribution in [0, 0.1) is 5.92 Å². The van der Waals surface area contributed by atoms with Crippen molar-refractivity contribution in [2.24, 2.45) is 5.92 Å². The number of amides is 5. The summed E-state index contributed by atoms with van der Waals surface area (Å²) in [6.07, 6.45) is 0. The minimum Gasteiger partial charge on any atom is -0.301 e. The third-order valence-electron chi connectivity index (χ3n) is 5.26. The molecule has 2 heterocycles. The highest BCUT2D eigenvalue weighted by molar-refractivity contribution is 7.99. The zero-order valence-electron chi connectivity index (χ0n) is 17.4. The summed E-state index contributed by atoms with van der Waals surface area (Å²) in [5.41, 5.74) is 1.71. The number of hydrogen-bond donors (Lipinski definition) is 0. The molecule has 160 valence electrons. The quantitative estimate of drug-likeness (QED) is 0.530. The van der Waals surface area contributed by atoms with Crippen molar-refractivity contribution in [1.82, 2.24) is 9.80 Å². The average molecular weight is 438 g/mol. The van der Waals surface area contributed by atoms with Crippen molar-refractivity contribution in [3.63, 3.8) is 0 Å². The Morgan fingerprint density at radius 2 is 1.61 bits per heavy atom. The number of thioether (sulfide) groups is 1. The molecule has 0 unspecified atom stereocenters. The Morgan fingerprint density at radius 1 is 0.968 bits per heavy atom. The maximum Gasteiger partial charge on any atom is 0.334 e. The van der Waals surface area contributed by atoms with Crippen molar-refractivity contribution in [1.29, 1.82) is 0 Å². The number of para-hydroxylation sites is 1. The van der Waals surface area contributed by atoms with Gasteiger partial charge in [-0.05, 0) is 23.6 Å². The fourth-order valence-corrected chi connectivity index (χ4v) is 5.01. The highest BCUT2D eigenvalue weighted by Crippen LogP contribution is 2.43. The summed E-state index contributed by atoms with van der Waals surface area (Å²) in [6, 6.07) is 16.3. The van der Waals surface area contributed by atoms with Crippen LogP contribution < -0.4 is 4.90 Å². The predicted molar refractivity (Wildman–Crippen MR) is 117 cm³/mol. The molecule has 0 spiro atoms. The van der Waals surface area contributed by atoms with E-state index in [0.717, 1.165) is 25.9 Å². The molecule has 5 amide bonds. The SMILES string of the molecule is CC(C)CN1C(=O)C(=O)N(CC(=O)N2c3ccccc3SC[C@@H]2c2ccccc2)C1=O. The molecule has 0 aromatic heterocycles. The van der Waals surface area contributed by atoms with Gasteiger partial charge in [-0.2, -0.15) is 0 Å². The average Bonchev–Trinajstić information content (AvgIpc) is 2.96. The highest BCUT2D eigenvalue weighted by Gasteiger charge is 2.46. The molecule has 2 aliphatic heterocycles. The van der Waals surface area contributed by atoms with Crippen LogP contribution >= 0.6 is 11.8 Å². The third-order valence-corrected chi connectivity index (χ3v) is 6.40. The predicted octanol–water partition coefficient (Wildman–Crippen LogP) is 3.31. The summed E-state index contributed by atoms with van der Waals surface area (Å²) in [6.45, 7) is 3.38. The Kier molecular flexibility index (Phi) is 5.82. The molecule has 4 rings (SSSR count).